The molecule has 7 nitrogen and oxygen atoms in total. The topological polar surface area (TPSA) is 105 Å². The fourth-order valence-corrected chi connectivity index (χ4v) is 2.02. The first-order chi connectivity index (χ1) is 10.3. The van der Waals surface area contributed by atoms with Gasteiger partial charge in [-0.3, -0.25) is 14.5 Å². The Labute approximate surface area is 128 Å². The normalized spacial score (nSPS) is 15.0. The molecule has 1 heterocycles. The van der Waals surface area contributed by atoms with Gasteiger partial charge in [0.25, 0.3) is 5.91 Å². The molecule has 0 bridgehead atoms. The van der Waals surface area contributed by atoms with Crippen molar-refractivity contribution in [3.63, 3.8) is 0 Å². The summed E-state index contributed by atoms with van der Waals surface area (Å²) in [6, 6.07) is 6.41. The van der Waals surface area contributed by atoms with E-state index in [1.807, 2.05) is 13.8 Å². The highest BCUT2D eigenvalue weighted by molar-refractivity contribution is 6.02. The molecule has 0 saturated carbocycles. The second-order valence-electron chi connectivity index (χ2n) is 6.01. The summed E-state index contributed by atoms with van der Waals surface area (Å²) in [5.74, 6) is -0.512. The monoisotopic (exact) mass is 304 g/mol. The third-order valence-corrected chi connectivity index (χ3v) is 3.17. The Kier molecular flexibility index (Phi) is 4.46. The van der Waals surface area contributed by atoms with Crippen molar-refractivity contribution < 1.29 is 14.4 Å². The molecule has 4 amide bonds. The van der Waals surface area contributed by atoms with Gasteiger partial charge in [0.1, 0.15) is 0 Å². The quantitative estimate of drug-likeness (QED) is 0.676. The number of nitrogens with one attached hydrogen (secondary N) is 2. The van der Waals surface area contributed by atoms with Crippen LogP contribution in [-0.2, 0) is 11.3 Å². The van der Waals surface area contributed by atoms with Crippen LogP contribution in [0.2, 0.25) is 0 Å². The summed E-state index contributed by atoms with van der Waals surface area (Å²) in [5, 5.41) is 5.21. The summed E-state index contributed by atoms with van der Waals surface area (Å²) in [5.41, 5.74) is 6.51. The Morgan fingerprint density at radius 1 is 1.41 bits per heavy atom. The number of rotatable bonds is 5. The van der Waals surface area contributed by atoms with E-state index in [1.54, 1.807) is 24.3 Å². The molecule has 0 unspecified atom stereocenters. The van der Waals surface area contributed by atoms with E-state index in [-0.39, 0.29) is 24.9 Å². The smallest absolute Gasteiger partial charge is 0.324 e. The zero-order valence-electron chi connectivity index (χ0n) is 12.7. The highest BCUT2D eigenvalue weighted by Crippen LogP contribution is 2.11. The van der Waals surface area contributed by atoms with Crippen LogP contribution in [-0.4, -0.2) is 41.4 Å². The van der Waals surface area contributed by atoms with Crippen LogP contribution in [0.4, 0.5) is 4.79 Å². The van der Waals surface area contributed by atoms with Gasteiger partial charge in [0.2, 0.25) is 5.91 Å². The zero-order chi connectivity index (χ0) is 16.3. The number of carbonyl (C=O) groups excluding carboxylic acids is 3. The minimum absolute atomic E-state index is 0.0184. The average Bonchev–Trinajstić information content (AvgIpc) is 2.76. The molecule has 1 saturated heterocycles. The lowest BCUT2D eigenvalue weighted by Crippen LogP contribution is -2.45. The van der Waals surface area contributed by atoms with Gasteiger partial charge in [-0.25, -0.2) is 4.79 Å². The van der Waals surface area contributed by atoms with E-state index in [1.165, 1.54) is 0 Å². The van der Waals surface area contributed by atoms with Crippen LogP contribution in [0.1, 0.15) is 29.8 Å². The Morgan fingerprint density at radius 2 is 2.14 bits per heavy atom. The van der Waals surface area contributed by atoms with Crippen LogP contribution in [0.15, 0.2) is 24.3 Å². The predicted octanol–water partition coefficient (Wildman–Crippen LogP) is 0.206. The first-order valence-corrected chi connectivity index (χ1v) is 7.00. The van der Waals surface area contributed by atoms with Crippen molar-refractivity contribution >= 4 is 17.8 Å². The van der Waals surface area contributed by atoms with Crippen LogP contribution in [0.5, 0.6) is 0 Å². The molecular weight excluding hydrogens is 284 g/mol. The fraction of sp³-hybridized carbons (Fsp3) is 0.400. The lowest BCUT2D eigenvalue weighted by atomic mass is 10.1. The predicted molar refractivity (Wildman–Crippen MR) is 81.0 cm³/mol. The van der Waals surface area contributed by atoms with Crippen LogP contribution < -0.4 is 16.4 Å². The van der Waals surface area contributed by atoms with E-state index < -0.39 is 11.6 Å². The number of amides is 4. The third kappa shape index (κ3) is 4.05. The number of nitrogens with zero attached hydrogens (tertiary/aromatic N) is 1. The van der Waals surface area contributed by atoms with Crippen molar-refractivity contribution in [3.8, 4) is 0 Å². The van der Waals surface area contributed by atoms with Gasteiger partial charge in [-0.15, -0.1) is 0 Å². The number of benzene rings is 1. The first kappa shape index (κ1) is 16.0. The summed E-state index contributed by atoms with van der Waals surface area (Å²) in [4.78, 5) is 36.3. The molecule has 1 fully saturated rings. The largest absolute Gasteiger partial charge is 0.350 e. The number of urea groups is 1. The standard InChI is InChI=1S/C15H20N4O3/c1-15(2,16)9-18-13(21)11-5-3-4-10(6-11)8-19-12(20)7-17-14(19)22/h3-6H,7-9,16H2,1-2H3,(H,17,22)(H,18,21). The molecule has 1 aromatic rings. The van der Waals surface area contributed by atoms with Gasteiger partial charge in [0.05, 0.1) is 13.1 Å². The molecule has 0 atom stereocenters. The molecule has 0 radical (unpaired) electrons. The number of hydrogen-bond acceptors (Lipinski definition) is 4. The number of carbonyl (C=O) groups is 3. The van der Waals surface area contributed by atoms with Gasteiger partial charge in [-0.05, 0) is 31.5 Å². The van der Waals surface area contributed by atoms with E-state index in [2.05, 4.69) is 10.6 Å². The Hall–Kier alpha value is -2.41. The van der Waals surface area contributed by atoms with Crippen molar-refractivity contribution in [2.75, 3.05) is 13.1 Å². The number of hydrogen-bond donors (Lipinski definition) is 3. The van der Waals surface area contributed by atoms with Crippen LogP contribution in [0, 0.1) is 0 Å². The van der Waals surface area contributed by atoms with Crippen molar-refractivity contribution in [1.29, 1.82) is 0 Å². The molecule has 118 valence electrons. The molecule has 2 rings (SSSR count). The maximum absolute atomic E-state index is 12.1. The summed E-state index contributed by atoms with van der Waals surface area (Å²) in [6.45, 7) is 4.16. The average molecular weight is 304 g/mol. The maximum Gasteiger partial charge on any atom is 0.324 e. The summed E-state index contributed by atoms with van der Waals surface area (Å²) in [6.07, 6.45) is 0. The second-order valence-corrected chi connectivity index (χ2v) is 6.01. The number of imide groups is 1. The van der Waals surface area contributed by atoms with Gasteiger partial charge in [0.15, 0.2) is 0 Å². The molecule has 7 heteroatoms. The maximum atomic E-state index is 12.1. The van der Waals surface area contributed by atoms with Gasteiger partial charge >= 0.3 is 6.03 Å². The fourth-order valence-electron chi connectivity index (χ4n) is 2.02. The zero-order valence-corrected chi connectivity index (χ0v) is 12.7. The van der Waals surface area contributed by atoms with Crippen molar-refractivity contribution in [1.82, 2.24) is 15.5 Å². The highest BCUT2D eigenvalue weighted by Gasteiger charge is 2.28. The first-order valence-electron chi connectivity index (χ1n) is 7.00. The summed E-state index contributed by atoms with van der Waals surface area (Å²) >= 11 is 0. The second kappa shape index (κ2) is 6.15. The van der Waals surface area contributed by atoms with E-state index in [0.717, 1.165) is 4.90 Å². The highest BCUT2D eigenvalue weighted by atomic mass is 16.2. The number of nitrogens with two attached hydrogens (primary N) is 1. The molecule has 1 aromatic carbocycles. The van der Waals surface area contributed by atoms with E-state index in [4.69, 9.17) is 5.73 Å². The Bertz CT molecular complexity index is 591. The molecule has 0 aromatic heterocycles. The molecule has 1 aliphatic rings. The molecule has 0 spiro atoms. The lowest BCUT2D eigenvalue weighted by Gasteiger charge is -2.19. The van der Waals surface area contributed by atoms with Gasteiger partial charge in [0, 0.05) is 17.6 Å². The van der Waals surface area contributed by atoms with Crippen LogP contribution in [0.25, 0.3) is 0 Å². The Morgan fingerprint density at radius 3 is 2.73 bits per heavy atom. The Balaban J connectivity index is 2.05. The van der Waals surface area contributed by atoms with Crippen molar-refractivity contribution in [2.24, 2.45) is 5.73 Å². The molecule has 22 heavy (non-hydrogen) atoms. The van der Waals surface area contributed by atoms with Crippen LogP contribution >= 0.6 is 0 Å². The van der Waals surface area contributed by atoms with Crippen LogP contribution in [0.3, 0.4) is 0 Å². The molecule has 0 aliphatic carbocycles. The molecular formula is C15H20N4O3. The minimum Gasteiger partial charge on any atom is -0.350 e. The summed E-state index contributed by atoms with van der Waals surface area (Å²) in [7, 11) is 0. The van der Waals surface area contributed by atoms with Gasteiger partial charge in [-0.1, -0.05) is 12.1 Å². The lowest BCUT2D eigenvalue weighted by molar-refractivity contribution is -0.125. The SMILES string of the molecule is CC(C)(N)CNC(=O)c1cccc(CN2C(=O)CNC2=O)c1. The molecule has 1 aliphatic heterocycles. The van der Waals surface area contributed by atoms with Crippen molar-refractivity contribution in [3.05, 3.63) is 35.4 Å². The van der Waals surface area contributed by atoms with Gasteiger partial charge < -0.3 is 16.4 Å². The molecule has 4 N–H and O–H groups in total. The minimum atomic E-state index is -0.493. The van der Waals surface area contributed by atoms with E-state index in [0.29, 0.717) is 17.7 Å². The van der Waals surface area contributed by atoms with E-state index >= 15 is 0 Å². The van der Waals surface area contributed by atoms with Gasteiger partial charge in [-0.2, -0.15) is 0 Å². The summed E-state index contributed by atoms with van der Waals surface area (Å²) < 4.78 is 0. The van der Waals surface area contributed by atoms with E-state index in [9.17, 15) is 14.4 Å². The van der Waals surface area contributed by atoms with Crippen molar-refractivity contribution in [2.45, 2.75) is 25.9 Å². The third-order valence-electron chi connectivity index (χ3n) is 3.17.